The van der Waals surface area contributed by atoms with Gasteiger partial charge in [0, 0.05) is 37.8 Å². The van der Waals surface area contributed by atoms with Gasteiger partial charge < -0.3 is 5.32 Å². The lowest BCUT2D eigenvalue weighted by molar-refractivity contribution is 0.140. The number of nitrogens with zero attached hydrogens (tertiary/aromatic N) is 2. The summed E-state index contributed by atoms with van der Waals surface area (Å²) in [7, 11) is 0. The number of nitrogens with one attached hydrogen (secondary N) is 1. The fourth-order valence-corrected chi connectivity index (χ4v) is 3.98. The Morgan fingerprint density at radius 3 is 2.39 bits per heavy atom. The second-order valence-corrected chi connectivity index (χ2v) is 6.57. The van der Waals surface area contributed by atoms with Gasteiger partial charge in [-0.3, -0.25) is 9.80 Å². The number of hydrogen-bond acceptors (Lipinski definition) is 3. The first-order valence-electron chi connectivity index (χ1n) is 8.04. The maximum Gasteiger partial charge on any atom is 0.0235 e. The summed E-state index contributed by atoms with van der Waals surface area (Å²) in [6.07, 6.45) is 8.48. The van der Waals surface area contributed by atoms with Crippen LogP contribution in [0.5, 0.6) is 0 Å². The molecule has 0 spiro atoms. The molecule has 3 aliphatic heterocycles. The zero-order valence-corrected chi connectivity index (χ0v) is 11.9. The first kappa shape index (κ1) is 12.9. The summed E-state index contributed by atoms with van der Waals surface area (Å²) < 4.78 is 0. The van der Waals surface area contributed by atoms with E-state index >= 15 is 0 Å². The van der Waals surface area contributed by atoms with E-state index in [2.05, 4.69) is 22.0 Å². The Kier molecular flexibility index (Phi) is 4.22. The number of likely N-dealkylation sites (tertiary alicyclic amines) is 2. The third-order valence-electron chi connectivity index (χ3n) is 5.25. The molecule has 0 aromatic rings. The molecule has 3 aliphatic rings. The monoisotopic (exact) mass is 251 g/mol. The minimum atomic E-state index is 0.738. The first-order chi connectivity index (χ1) is 8.83. The van der Waals surface area contributed by atoms with Gasteiger partial charge >= 0.3 is 0 Å². The van der Waals surface area contributed by atoms with Crippen LogP contribution in [-0.4, -0.2) is 60.6 Å². The highest BCUT2D eigenvalue weighted by molar-refractivity contribution is 4.90. The Hall–Kier alpha value is -0.120. The Balaban J connectivity index is 1.48. The Morgan fingerprint density at radius 2 is 1.67 bits per heavy atom. The average molecular weight is 251 g/mol. The summed E-state index contributed by atoms with van der Waals surface area (Å²) in [5.74, 6) is 0. The van der Waals surface area contributed by atoms with Gasteiger partial charge in [0.15, 0.2) is 0 Å². The number of piperidine rings is 2. The van der Waals surface area contributed by atoms with Crippen molar-refractivity contribution < 1.29 is 0 Å². The van der Waals surface area contributed by atoms with Gasteiger partial charge in [-0.25, -0.2) is 0 Å². The second-order valence-electron chi connectivity index (χ2n) is 6.57. The van der Waals surface area contributed by atoms with Crippen LogP contribution in [0.3, 0.4) is 0 Å². The van der Waals surface area contributed by atoms with Crippen LogP contribution in [0.15, 0.2) is 0 Å². The van der Waals surface area contributed by atoms with Gasteiger partial charge in [-0.2, -0.15) is 0 Å². The van der Waals surface area contributed by atoms with E-state index in [1.165, 1.54) is 71.2 Å². The van der Waals surface area contributed by atoms with Crippen molar-refractivity contribution in [3.8, 4) is 0 Å². The Morgan fingerprint density at radius 1 is 0.833 bits per heavy atom. The molecule has 0 saturated carbocycles. The van der Waals surface area contributed by atoms with E-state index in [4.69, 9.17) is 0 Å². The molecule has 0 aliphatic carbocycles. The third kappa shape index (κ3) is 2.89. The van der Waals surface area contributed by atoms with Gasteiger partial charge in [-0.15, -0.1) is 0 Å². The van der Waals surface area contributed by atoms with Gasteiger partial charge in [0.1, 0.15) is 0 Å². The van der Waals surface area contributed by atoms with E-state index in [0.29, 0.717) is 0 Å². The fraction of sp³-hybridized carbons (Fsp3) is 1.00. The molecular formula is C15H29N3. The van der Waals surface area contributed by atoms with Crippen molar-refractivity contribution in [1.29, 1.82) is 0 Å². The number of rotatable bonds is 2. The van der Waals surface area contributed by atoms with Gasteiger partial charge in [0.25, 0.3) is 0 Å². The Labute approximate surface area is 112 Å². The summed E-state index contributed by atoms with van der Waals surface area (Å²) in [5.41, 5.74) is 0. The van der Waals surface area contributed by atoms with Crippen LogP contribution in [0.2, 0.25) is 0 Å². The summed E-state index contributed by atoms with van der Waals surface area (Å²) in [5, 5.41) is 3.65. The van der Waals surface area contributed by atoms with Crippen LogP contribution >= 0.6 is 0 Å². The molecule has 3 atom stereocenters. The van der Waals surface area contributed by atoms with E-state index in [9.17, 15) is 0 Å². The summed E-state index contributed by atoms with van der Waals surface area (Å²) in [6.45, 7) is 8.92. The van der Waals surface area contributed by atoms with E-state index in [-0.39, 0.29) is 0 Å². The lowest BCUT2D eigenvalue weighted by atomic mass is 10.0. The quantitative estimate of drug-likeness (QED) is 0.806. The molecule has 0 bridgehead atoms. The van der Waals surface area contributed by atoms with E-state index < -0.39 is 0 Å². The van der Waals surface area contributed by atoms with Crippen molar-refractivity contribution >= 4 is 0 Å². The van der Waals surface area contributed by atoms with E-state index in [1.807, 2.05) is 0 Å². The highest BCUT2D eigenvalue weighted by Crippen LogP contribution is 2.24. The van der Waals surface area contributed by atoms with Crippen LogP contribution < -0.4 is 5.32 Å². The van der Waals surface area contributed by atoms with Crippen molar-refractivity contribution in [2.24, 2.45) is 0 Å². The predicted molar refractivity (Wildman–Crippen MR) is 75.9 cm³/mol. The normalized spacial score (nSPS) is 40.2. The highest BCUT2D eigenvalue weighted by Gasteiger charge is 2.33. The smallest absolute Gasteiger partial charge is 0.0235 e. The second kappa shape index (κ2) is 5.89. The van der Waals surface area contributed by atoms with E-state index in [0.717, 1.165) is 18.1 Å². The van der Waals surface area contributed by atoms with Gasteiger partial charge in [0.2, 0.25) is 0 Å². The minimum Gasteiger partial charge on any atom is -0.313 e. The third-order valence-corrected chi connectivity index (χ3v) is 5.25. The van der Waals surface area contributed by atoms with Gasteiger partial charge in [-0.05, 0) is 52.1 Å². The van der Waals surface area contributed by atoms with E-state index in [1.54, 1.807) is 0 Å². The summed E-state index contributed by atoms with van der Waals surface area (Å²) >= 11 is 0. The van der Waals surface area contributed by atoms with Crippen molar-refractivity contribution in [2.45, 2.75) is 63.6 Å². The first-order valence-corrected chi connectivity index (χ1v) is 8.04. The van der Waals surface area contributed by atoms with Crippen LogP contribution in [0, 0.1) is 0 Å². The predicted octanol–water partition coefficient (Wildman–Crippen LogP) is 1.69. The molecule has 0 aromatic carbocycles. The standard InChI is InChI=1S/C15H29N3/c1-13-5-6-14(11-16-13)18-10-7-15(12-18)17-8-3-2-4-9-17/h13-16H,2-12H2,1H3. The molecule has 0 radical (unpaired) electrons. The molecular weight excluding hydrogens is 222 g/mol. The minimum absolute atomic E-state index is 0.738. The number of hydrogen-bond donors (Lipinski definition) is 1. The van der Waals surface area contributed by atoms with Crippen LogP contribution in [0.25, 0.3) is 0 Å². The van der Waals surface area contributed by atoms with Crippen LogP contribution in [-0.2, 0) is 0 Å². The van der Waals surface area contributed by atoms with Crippen LogP contribution in [0.4, 0.5) is 0 Å². The summed E-state index contributed by atoms with van der Waals surface area (Å²) in [6, 6.07) is 2.42. The SMILES string of the molecule is CC1CCC(N2CCC(N3CCCCC3)C2)CN1. The lowest BCUT2D eigenvalue weighted by Gasteiger charge is -2.36. The molecule has 3 heteroatoms. The molecule has 0 amide bonds. The maximum atomic E-state index is 3.65. The molecule has 3 heterocycles. The van der Waals surface area contributed by atoms with Crippen molar-refractivity contribution in [1.82, 2.24) is 15.1 Å². The molecule has 0 aromatic heterocycles. The zero-order valence-electron chi connectivity index (χ0n) is 11.9. The largest absolute Gasteiger partial charge is 0.313 e. The maximum absolute atomic E-state index is 3.65. The lowest BCUT2D eigenvalue weighted by Crippen LogP contribution is -2.49. The Bertz CT molecular complexity index is 254. The average Bonchev–Trinajstić information content (AvgIpc) is 2.90. The van der Waals surface area contributed by atoms with Crippen LogP contribution in [0.1, 0.15) is 45.4 Å². The molecule has 3 rings (SSSR count). The molecule has 104 valence electrons. The zero-order chi connectivity index (χ0) is 12.4. The molecule has 3 saturated heterocycles. The van der Waals surface area contributed by atoms with Gasteiger partial charge in [-0.1, -0.05) is 6.42 Å². The molecule has 3 nitrogen and oxygen atoms in total. The van der Waals surface area contributed by atoms with Crippen molar-refractivity contribution in [3.05, 3.63) is 0 Å². The van der Waals surface area contributed by atoms with Crippen molar-refractivity contribution in [3.63, 3.8) is 0 Å². The molecule has 3 fully saturated rings. The highest BCUT2D eigenvalue weighted by atomic mass is 15.3. The molecule has 3 unspecified atom stereocenters. The van der Waals surface area contributed by atoms with Gasteiger partial charge in [0.05, 0.1) is 0 Å². The fourth-order valence-electron chi connectivity index (χ4n) is 3.98. The summed E-state index contributed by atoms with van der Waals surface area (Å²) in [4.78, 5) is 5.53. The molecule has 18 heavy (non-hydrogen) atoms. The van der Waals surface area contributed by atoms with Crippen molar-refractivity contribution in [2.75, 3.05) is 32.7 Å². The topological polar surface area (TPSA) is 18.5 Å². The molecule has 1 N–H and O–H groups in total.